The lowest BCUT2D eigenvalue weighted by Crippen LogP contribution is -2.17. The average Bonchev–Trinajstić information content (AvgIpc) is 2.22. The van der Waals surface area contributed by atoms with Gasteiger partial charge in [-0.15, -0.1) is 23.5 Å². The summed E-state index contributed by atoms with van der Waals surface area (Å²) >= 11 is 3.15. The standard InChI is InChI=1S/C10H22N2O2S2/c1-9(2,15-7-5-13)11-12-10(3,4)16-8-6-14/h13-14H,5-8H2,1-4H3/b12-11+. The number of azo groups is 1. The highest BCUT2D eigenvalue weighted by atomic mass is 32.2. The van der Waals surface area contributed by atoms with Gasteiger partial charge in [0.15, 0.2) is 0 Å². The van der Waals surface area contributed by atoms with Crippen molar-refractivity contribution in [2.24, 2.45) is 10.2 Å². The van der Waals surface area contributed by atoms with Crippen LogP contribution >= 0.6 is 23.5 Å². The van der Waals surface area contributed by atoms with Crippen molar-refractivity contribution in [3.8, 4) is 0 Å². The van der Waals surface area contributed by atoms with E-state index in [4.69, 9.17) is 10.2 Å². The van der Waals surface area contributed by atoms with Crippen LogP contribution in [-0.2, 0) is 0 Å². The Hall–Kier alpha value is 0.220. The largest absolute Gasteiger partial charge is 0.396 e. The lowest BCUT2D eigenvalue weighted by atomic mass is 10.4. The molecule has 0 saturated carbocycles. The SMILES string of the molecule is CC(C)(/N=N/C(C)(C)SCCO)SCCO. The molecule has 0 unspecified atom stereocenters. The molecule has 0 spiro atoms. The second-order valence-electron chi connectivity index (χ2n) is 4.24. The molecule has 0 aliphatic rings. The number of aliphatic hydroxyl groups excluding tert-OH is 2. The van der Waals surface area contributed by atoms with Gasteiger partial charge in [0.25, 0.3) is 0 Å². The summed E-state index contributed by atoms with van der Waals surface area (Å²) in [6.45, 7) is 8.22. The fraction of sp³-hybridized carbons (Fsp3) is 1.00. The van der Waals surface area contributed by atoms with Gasteiger partial charge in [-0.2, -0.15) is 10.2 Å². The first-order chi connectivity index (χ1) is 7.33. The molecule has 0 saturated heterocycles. The van der Waals surface area contributed by atoms with E-state index in [1.807, 2.05) is 27.7 Å². The zero-order valence-electron chi connectivity index (χ0n) is 10.4. The number of aliphatic hydroxyl groups is 2. The van der Waals surface area contributed by atoms with Crippen LogP contribution in [0, 0.1) is 0 Å². The summed E-state index contributed by atoms with van der Waals surface area (Å²) in [5.74, 6) is 1.33. The van der Waals surface area contributed by atoms with Crippen molar-refractivity contribution in [1.29, 1.82) is 0 Å². The molecule has 4 nitrogen and oxygen atoms in total. The molecule has 0 aliphatic carbocycles. The van der Waals surface area contributed by atoms with Crippen molar-refractivity contribution >= 4 is 23.5 Å². The Balaban J connectivity index is 4.21. The van der Waals surface area contributed by atoms with Crippen LogP contribution in [0.4, 0.5) is 0 Å². The third-order valence-corrected chi connectivity index (χ3v) is 3.97. The molecule has 0 rings (SSSR count). The topological polar surface area (TPSA) is 65.2 Å². The molecule has 0 aliphatic heterocycles. The van der Waals surface area contributed by atoms with E-state index < -0.39 is 0 Å². The number of hydrogen-bond donors (Lipinski definition) is 2. The van der Waals surface area contributed by atoms with Crippen LogP contribution < -0.4 is 0 Å². The summed E-state index contributed by atoms with van der Waals surface area (Å²) in [6, 6.07) is 0. The summed E-state index contributed by atoms with van der Waals surface area (Å²) in [5.41, 5.74) is 0. The van der Waals surface area contributed by atoms with Gasteiger partial charge >= 0.3 is 0 Å². The minimum atomic E-state index is -0.306. The average molecular weight is 266 g/mol. The van der Waals surface area contributed by atoms with E-state index in [0.717, 1.165) is 0 Å². The first-order valence-corrected chi connectivity index (χ1v) is 7.24. The summed E-state index contributed by atoms with van der Waals surface area (Å²) in [6.07, 6.45) is 0. The van der Waals surface area contributed by atoms with Crippen molar-refractivity contribution in [1.82, 2.24) is 0 Å². The van der Waals surface area contributed by atoms with Crippen molar-refractivity contribution in [3.05, 3.63) is 0 Å². The van der Waals surface area contributed by atoms with Crippen molar-refractivity contribution < 1.29 is 10.2 Å². The molecular formula is C10H22N2O2S2. The molecule has 0 aromatic rings. The normalized spacial score (nSPS) is 13.6. The van der Waals surface area contributed by atoms with E-state index in [2.05, 4.69) is 10.2 Å². The monoisotopic (exact) mass is 266 g/mol. The maximum atomic E-state index is 8.75. The highest BCUT2D eigenvalue weighted by Gasteiger charge is 2.21. The summed E-state index contributed by atoms with van der Waals surface area (Å²) in [4.78, 5) is -0.612. The minimum absolute atomic E-state index is 0.159. The van der Waals surface area contributed by atoms with Crippen LogP contribution in [-0.4, -0.2) is 44.7 Å². The Morgan fingerprint density at radius 1 is 0.812 bits per heavy atom. The zero-order chi connectivity index (χ0) is 12.7. The van der Waals surface area contributed by atoms with Gasteiger partial charge in [0.1, 0.15) is 9.74 Å². The third-order valence-electron chi connectivity index (χ3n) is 1.62. The van der Waals surface area contributed by atoms with E-state index >= 15 is 0 Å². The van der Waals surface area contributed by atoms with E-state index in [9.17, 15) is 0 Å². The molecule has 2 N–H and O–H groups in total. The van der Waals surface area contributed by atoms with Crippen molar-refractivity contribution in [2.45, 2.75) is 37.4 Å². The molecule has 0 heterocycles. The molecule has 0 aromatic carbocycles. The van der Waals surface area contributed by atoms with Crippen LogP contribution in [0.25, 0.3) is 0 Å². The Kier molecular flexibility index (Phi) is 7.63. The first-order valence-electron chi connectivity index (χ1n) is 5.27. The van der Waals surface area contributed by atoms with E-state index in [1.54, 1.807) is 23.5 Å². The number of hydrogen-bond acceptors (Lipinski definition) is 6. The Morgan fingerprint density at radius 2 is 1.12 bits per heavy atom. The maximum absolute atomic E-state index is 8.75. The highest BCUT2D eigenvalue weighted by Crippen LogP contribution is 2.31. The second kappa shape index (κ2) is 7.53. The van der Waals surface area contributed by atoms with Gasteiger partial charge in [-0.1, -0.05) is 0 Å². The molecule has 0 bridgehead atoms. The maximum Gasteiger partial charge on any atom is 0.121 e. The van der Waals surface area contributed by atoms with Gasteiger partial charge in [-0.3, -0.25) is 0 Å². The predicted octanol–water partition coefficient (Wildman–Crippen LogP) is 2.36. The summed E-state index contributed by atoms with van der Waals surface area (Å²) in [5, 5.41) is 26.1. The van der Waals surface area contributed by atoms with Crippen LogP contribution in [0.5, 0.6) is 0 Å². The second-order valence-corrected chi connectivity index (χ2v) is 7.63. The minimum Gasteiger partial charge on any atom is -0.396 e. The third kappa shape index (κ3) is 8.38. The Morgan fingerprint density at radius 3 is 1.38 bits per heavy atom. The van der Waals surface area contributed by atoms with Crippen LogP contribution in [0.15, 0.2) is 10.2 Å². The van der Waals surface area contributed by atoms with Crippen LogP contribution in [0.1, 0.15) is 27.7 Å². The fourth-order valence-electron chi connectivity index (χ4n) is 0.889. The van der Waals surface area contributed by atoms with Gasteiger partial charge < -0.3 is 10.2 Å². The van der Waals surface area contributed by atoms with E-state index in [0.29, 0.717) is 11.5 Å². The fourth-order valence-corrected chi connectivity index (χ4v) is 2.27. The Labute approximate surface area is 106 Å². The number of rotatable bonds is 8. The molecule has 0 fully saturated rings. The van der Waals surface area contributed by atoms with Crippen molar-refractivity contribution in [3.63, 3.8) is 0 Å². The molecule has 0 radical (unpaired) electrons. The zero-order valence-corrected chi connectivity index (χ0v) is 12.1. The lowest BCUT2D eigenvalue weighted by Gasteiger charge is -2.22. The Bertz CT molecular complexity index is 199. The molecule has 0 atom stereocenters. The van der Waals surface area contributed by atoms with Gasteiger partial charge in [-0.05, 0) is 27.7 Å². The lowest BCUT2D eigenvalue weighted by molar-refractivity contribution is 0.321. The first kappa shape index (κ1) is 16.2. The summed E-state index contributed by atoms with van der Waals surface area (Å²) in [7, 11) is 0. The van der Waals surface area contributed by atoms with Gasteiger partial charge in [0.2, 0.25) is 0 Å². The van der Waals surface area contributed by atoms with Gasteiger partial charge in [0.05, 0.1) is 13.2 Å². The molecule has 0 amide bonds. The van der Waals surface area contributed by atoms with E-state index in [1.165, 1.54) is 0 Å². The molecular weight excluding hydrogens is 244 g/mol. The van der Waals surface area contributed by atoms with Crippen LogP contribution in [0.3, 0.4) is 0 Å². The van der Waals surface area contributed by atoms with Gasteiger partial charge in [-0.25, -0.2) is 0 Å². The van der Waals surface area contributed by atoms with Crippen molar-refractivity contribution in [2.75, 3.05) is 24.7 Å². The predicted molar refractivity (Wildman–Crippen MR) is 72.1 cm³/mol. The molecule has 6 heteroatoms. The van der Waals surface area contributed by atoms with Crippen LogP contribution in [0.2, 0.25) is 0 Å². The molecule has 96 valence electrons. The highest BCUT2D eigenvalue weighted by molar-refractivity contribution is 8.00. The number of nitrogens with zero attached hydrogens (tertiary/aromatic N) is 2. The summed E-state index contributed by atoms with van der Waals surface area (Å²) < 4.78 is 0. The molecule has 0 aromatic heterocycles. The molecule has 16 heavy (non-hydrogen) atoms. The van der Waals surface area contributed by atoms with E-state index in [-0.39, 0.29) is 23.0 Å². The number of thioether (sulfide) groups is 2. The smallest absolute Gasteiger partial charge is 0.121 e. The quantitative estimate of drug-likeness (QED) is 0.662. The van der Waals surface area contributed by atoms with Gasteiger partial charge in [0, 0.05) is 11.5 Å².